The lowest BCUT2D eigenvalue weighted by atomic mass is 9.87. The van der Waals surface area contributed by atoms with Crippen LogP contribution < -0.4 is 16.4 Å². The fraction of sp³-hybridized carbons (Fsp3) is 0.533. The van der Waals surface area contributed by atoms with Gasteiger partial charge in [-0.25, -0.2) is 4.79 Å². The van der Waals surface area contributed by atoms with Gasteiger partial charge in [0.15, 0.2) is 0 Å². The highest BCUT2D eigenvalue weighted by Gasteiger charge is 2.26. The summed E-state index contributed by atoms with van der Waals surface area (Å²) in [4.78, 5) is 11.8. The number of para-hydroxylation sites is 2. The van der Waals surface area contributed by atoms with Crippen molar-refractivity contribution < 1.29 is 9.53 Å². The minimum atomic E-state index is -0.507. The summed E-state index contributed by atoms with van der Waals surface area (Å²) in [7, 11) is 0. The van der Waals surface area contributed by atoms with E-state index < -0.39 is 11.7 Å². The molecule has 5 heteroatoms. The molecule has 1 amide bonds. The van der Waals surface area contributed by atoms with Gasteiger partial charge in [-0.05, 0) is 45.7 Å². The van der Waals surface area contributed by atoms with E-state index in [0.717, 1.165) is 24.2 Å². The van der Waals surface area contributed by atoms with Gasteiger partial charge in [-0.15, -0.1) is 0 Å². The summed E-state index contributed by atoms with van der Waals surface area (Å²) in [5.41, 5.74) is 6.90. The highest BCUT2D eigenvalue weighted by Crippen LogP contribution is 2.28. The number of nitrogens with two attached hydrogens (primary N) is 1. The predicted molar refractivity (Wildman–Crippen MR) is 80.9 cm³/mol. The fourth-order valence-corrected chi connectivity index (χ4v) is 2.13. The average molecular weight is 277 g/mol. The number of benzene rings is 1. The molecule has 0 atom stereocenters. The molecule has 0 aliphatic heterocycles. The first kappa shape index (κ1) is 14.7. The van der Waals surface area contributed by atoms with Crippen LogP contribution in [0, 0.1) is 0 Å². The molecule has 1 aromatic carbocycles. The van der Waals surface area contributed by atoms with Crippen LogP contribution in [0.25, 0.3) is 0 Å². The van der Waals surface area contributed by atoms with Crippen molar-refractivity contribution in [3.05, 3.63) is 24.3 Å². The second kappa shape index (κ2) is 5.71. The van der Waals surface area contributed by atoms with Gasteiger partial charge in [-0.3, -0.25) is 5.32 Å². The lowest BCUT2D eigenvalue weighted by molar-refractivity contribution is 0.0636. The molecule has 0 saturated heterocycles. The van der Waals surface area contributed by atoms with Crippen LogP contribution in [0.1, 0.15) is 33.6 Å². The Morgan fingerprint density at radius 3 is 2.40 bits per heavy atom. The Morgan fingerprint density at radius 2 is 1.85 bits per heavy atom. The van der Waals surface area contributed by atoms with Gasteiger partial charge in [0.2, 0.25) is 0 Å². The molecule has 2 rings (SSSR count). The van der Waals surface area contributed by atoms with Crippen LogP contribution in [-0.2, 0) is 4.74 Å². The molecule has 0 unspecified atom stereocenters. The molecule has 5 nitrogen and oxygen atoms in total. The largest absolute Gasteiger partial charge is 0.444 e. The maximum atomic E-state index is 11.8. The standard InChI is InChI=1S/C15H23N3O2/c1-15(2,3)20-14(19)18-13-7-5-4-6-12(13)17-11-8-10(16)9-11/h4-7,10-11,17H,8-9,16H2,1-3H3,(H,18,19). The Morgan fingerprint density at radius 1 is 1.25 bits per heavy atom. The second-order valence-electron chi connectivity index (χ2n) is 6.25. The Labute approximate surface area is 119 Å². The highest BCUT2D eigenvalue weighted by atomic mass is 16.6. The monoisotopic (exact) mass is 277 g/mol. The van der Waals surface area contributed by atoms with Crippen molar-refractivity contribution in [3.63, 3.8) is 0 Å². The van der Waals surface area contributed by atoms with E-state index in [4.69, 9.17) is 10.5 Å². The quantitative estimate of drug-likeness (QED) is 0.794. The summed E-state index contributed by atoms with van der Waals surface area (Å²) in [5.74, 6) is 0. The molecule has 0 bridgehead atoms. The van der Waals surface area contributed by atoms with Crippen molar-refractivity contribution in [1.82, 2.24) is 0 Å². The van der Waals surface area contributed by atoms with Gasteiger partial charge in [0.25, 0.3) is 0 Å². The highest BCUT2D eigenvalue weighted by molar-refractivity contribution is 5.89. The predicted octanol–water partition coefficient (Wildman–Crippen LogP) is 2.94. The molecule has 1 fully saturated rings. The molecule has 4 N–H and O–H groups in total. The molecule has 0 heterocycles. The van der Waals surface area contributed by atoms with Gasteiger partial charge in [-0.2, -0.15) is 0 Å². The third kappa shape index (κ3) is 4.13. The minimum absolute atomic E-state index is 0.290. The summed E-state index contributed by atoms with van der Waals surface area (Å²) in [5, 5.41) is 6.17. The lowest BCUT2D eigenvalue weighted by Crippen LogP contribution is -2.44. The molecule has 0 aromatic heterocycles. The van der Waals surface area contributed by atoms with Crippen molar-refractivity contribution in [2.45, 2.75) is 51.3 Å². The van der Waals surface area contributed by atoms with Crippen LogP contribution in [-0.4, -0.2) is 23.8 Å². The third-order valence-electron chi connectivity index (χ3n) is 3.10. The number of hydrogen-bond donors (Lipinski definition) is 3. The summed E-state index contributed by atoms with van der Waals surface area (Å²) >= 11 is 0. The van der Waals surface area contributed by atoms with Crippen LogP contribution in [0.4, 0.5) is 16.2 Å². The number of amides is 1. The van der Waals surface area contributed by atoms with Gasteiger partial charge in [0.05, 0.1) is 11.4 Å². The normalized spacial score (nSPS) is 21.8. The van der Waals surface area contributed by atoms with Gasteiger partial charge in [0, 0.05) is 12.1 Å². The molecule has 0 spiro atoms. The second-order valence-corrected chi connectivity index (χ2v) is 6.25. The number of ether oxygens (including phenoxy) is 1. The van der Waals surface area contributed by atoms with Crippen molar-refractivity contribution in [1.29, 1.82) is 0 Å². The first-order valence-corrected chi connectivity index (χ1v) is 6.94. The third-order valence-corrected chi connectivity index (χ3v) is 3.10. The summed E-state index contributed by atoms with van der Waals surface area (Å²) < 4.78 is 5.26. The molecule has 1 aromatic rings. The molecule has 1 saturated carbocycles. The van der Waals surface area contributed by atoms with E-state index >= 15 is 0 Å². The van der Waals surface area contributed by atoms with E-state index in [0.29, 0.717) is 12.1 Å². The van der Waals surface area contributed by atoms with E-state index in [-0.39, 0.29) is 0 Å². The number of hydrogen-bond acceptors (Lipinski definition) is 4. The van der Waals surface area contributed by atoms with Crippen molar-refractivity contribution in [3.8, 4) is 0 Å². The van der Waals surface area contributed by atoms with E-state index in [1.54, 1.807) is 0 Å². The van der Waals surface area contributed by atoms with E-state index in [1.165, 1.54) is 0 Å². The summed E-state index contributed by atoms with van der Waals surface area (Å²) in [6.45, 7) is 5.52. The zero-order chi connectivity index (χ0) is 14.8. The molecular formula is C15H23N3O2. The van der Waals surface area contributed by atoms with Crippen molar-refractivity contribution in [2.75, 3.05) is 10.6 Å². The van der Waals surface area contributed by atoms with Gasteiger partial charge < -0.3 is 15.8 Å². The lowest BCUT2D eigenvalue weighted by Gasteiger charge is -2.34. The van der Waals surface area contributed by atoms with E-state index in [1.807, 2.05) is 45.0 Å². The molecular weight excluding hydrogens is 254 g/mol. The Kier molecular flexibility index (Phi) is 4.18. The van der Waals surface area contributed by atoms with Crippen LogP contribution in [0.15, 0.2) is 24.3 Å². The number of anilines is 2. The summed E-state index contributed by atoms with van der Waals surface area (Å²) in [6, 6.07) is 8.28. The summed E-state index contributed by atoms with van der Waals surface area (Å²) in [6.07, 6.45) is 1.47. The fourth-order valence-electron chi connectivity index (χ4n) is 2.13. The molecule has 1 aliphatic rings. The van der Waals surface area contributed by atoms with Gasteiger partial charge >= 0.3 is 6.09 Å². The van der Waals surface area contributed by atoms with Crippen LogP contribution in [0.5, 0.6) is 0 Å². The van der Waals surface area contributed by atoms with E-state index in [9.17, 15) is 4.79 Å². The average Bonchev–Trinajstić information content (AvgIpc) is 2.27. The van der Waals surface area contributed by atoms with Crippen LogP contribution in [0.2, 0.25) is 0 Å². The zero-order valence-electron chi connectivity index (χ0n) is 12.3. The van der Waals surface area contributed by atoms with Gasteiger partial charge in [0.1, 0.15) is 5.60 Å². The molecule has 0 radical (unpaired) electrons. The molecule has 1 aliphatic carbocycles. The Bertz CT molecular complexity index is 476. The Hall–Kier alpha value is -1.75. The molecule has 110 valence electrons. The maximum Gasteiger partial charge on any atom is 0.412 e. The minimum Gasteiger partial charge on any atom is -0.444 e. The number of carbonyl (C=O) groups is 1. The van der Waals surface area contributed by atoms with Crippen LogP contribution >= 0.6 is 0 Å². The number of nitrogens with one attached hydrogen (secondary N) is 2. The number of carbonyl (C=O) groups excluding carboxylic acids is 1. The maximum absolute atomic E-state index is 11.8. The first-order valence-electron chi connectivity index (χ1n) is 6.94. The van der Waals surface area contributed by atoms with Crippen molar-refractivity contribution in [2.24, 2.45) is 5.73 Å². The van der Waals surface area contributed by atoms with Gasteiger partial charge in [-0.1, -0.05) is 12.1 Å². The van der Waals surface area contributed by atoms with E-state index in [2.05, 4.69) is 10.6 Å². The zero-order valence-corrected chi connectivity index (χ0v) is 12.3. The van der Waals surface area contributed by atoms with Crippen molar-refractivity contribution >= 4 is 17.5 Å². The SMILES string of the molecule is CC(C)(C)OC(=O)Nc1ccccc1NC1CC(N)C1. The first-order chi connectivity index (χ1) is 9.33. The Balaban J connectivity index is 1.98. The smallest absolute Gasteiger partial charge is 0.412 e. The number of rotatable bonds is 3. The topological polar surface area (TPSA) is 76.4 Å². The van der Waals surface area contributed by atoms with Crippen LogP contribution in [0.3, 0.4) is 0 Å². The molecule has 20 heavy (non-hydrogen) atoms.